The highest BCUT2D eigenvalue weighted by molar-refractivity contribution is 6.03. The zero-order valence-corrected chi connectivity index (χ0v) is 12.5. The Balaban J connectivity index is 1.72. The van der Waals surface area contributed by atoms with Crippen LogP contribution in [0.1, 0.15) is 23.3 Å². The van der Waals surface area contributed by atoms with Crippen LogP contribution in [0.15, 0.2) is 36.7 Å². The molecule has 6 nitrogen and oxygen atoms in total. The van der Waals surface area contributed by atoms with Crippen molar-refractivity contribution in [2.45, 2.75) is 12.8 Å². The lowest BCUT2D eigenvalue weighted by molar-refractivity contribution is 0.102. The van der Waals surface area contributed by atoms with Gasteiger partial charge in [0.1, 0.15) is 17.3 Å². The predicted molar refractivity (Wildman–Crippen MR) is 84.4 cm³/mol. The Kier molecular flexibility index (Phi) is 4.18. The van der Waals surface area contributed by atoms with Crippen LogP contribution in [-0.2, 0) is 0 Å². The smallest absolute Gasteiger partial charge is 0.275 e. The average molecular weight is 298 g/mol. The number of hydrogen-bond acceptors (Lipinski definition) is 5. The van der Waals surface area contributed by atoms with E-state index < -0.39 is 0 Å². The lowest BCUT2D eigenvalue weighted by Gasteiger charge is -2.15. The van der Waals surface area contributed by atoms with E-state index >= 15 is 0 Å². The Morgan fingerprint density at radius 3 is 2.64 bits per heavy atom. The second kappa shape index (κ2) is 6.43. The Bertz CT molecular complexity index is 651. The molecule has 1 aromatic heterocycles. The van der Waals surface area contributed by atoms with Crippen LogP contribution in [0.5, 0.6) is 5.75 Å². The summed E-state index contributed by atoms with van der Waals surface area (Å²) in [5.41, 5.74) is 0.897. The molecule has 0 bridgehead atoms. The van der Waals surface area contributed by atoms with Gasteiger partial charge in [0.15, 0.2) is 0 Å². The van der Waals surface area contributed by atoms with Crippen LogP contribution < -0.4 is 15.0 Å². The molecule has 1 N–H and O–H groups in total. The molecule has 0 unspecified atom stereocenters. The van der Waals surface area contributed by atoms with Crippen molar-refractivity contribution in [1.82, 2.24) is 9.97 Å². The lowest BCUT2D eigenvalue weighted by Crippen LogP contribution is -2.20. The zero-order valence-electron chi connectivity index (χ0n) is 12.5. The minimum Gasteiger partial charge on any atom is -0.495 e. The number of nitrogens with one attached hydrogen (secondary N) is 1. The summed E-state index contributed by atoms with van der Waals surface area (Å²) < 4.78 is 5.21. The van der Waals surface area contributed by atoms with Crippen molar-refractivity contribution in [3.63, 3.8) is 0 Å². The average Bonchev–Trinajstić information content (AvgIpc) is 3.10. The van der Waals surface area contributed by atoms with Crippen molar-refractivity contribution in [3.05, 3.63) is 42.4 Å². The van der Waals surface area contributed by atoms with E-state index in [2.05, 4.69) is 20.2 Å². The summed E-state index contributed by atoms with van der Waals surface area (Å²) in [6.07, 6.45) is 5.52. The molecule has 1 aliphatic rings. The molecule has 2 heterocycles. The van der Waals surface area contributed by atoms with Crippen LogP contribution in [0.25, 0.3) is 0 Å². The SMILES string of the molecule is COc1ccccc1NC(=O)c1cnc(N2CCCC2)cn1. The van der Waals surface area contributed by atoms with Crippen LogP contribution in [0.2, 0.25) is 0 Å². The quantitative estimate of drug-likeness (QED) is 0.938. The number of benzene rings is 1. The summed E-state index contributed by atoms with van der Waals surface area (Å²) >= 11 is 0. The van der Waals surface area contributed by atoms with Gasteiger partial charge in [0.05, 0.1) is 25.2 Å². The molecule has 0 spiro atoms. The van der Waals surface area contributed by atoms with Gasteiger partial charge < -0.3 is 15.0 Å². The number of hydrogen-bond donors (Lipinski definition) is 1. The zero-order chi connectivity index (χ0) is 15.4. The molecule has 1 aromatic carbocycles. The van der Waals surface area contributed by atoms with Gasteiger partial charge in [-0.25, -0.2) is 9.97 Å². The molecule has 0 atom stereocenters. The van der Waals surface area contributed by atoms with E-state index in [9.17, 15) is 4.79 Å². The molecule has 0 aliphatic carbocycles. The molecular weight excluding hydrogens is 280 g/mol. The first kappa shape index (κ1) is 14.3. The van der Waals surface area contributed by atoms with Gasteiger partial charge in [-0.15, -0.1) is 0 Å². The van der Waals surface area contributed by atoms with Gasteiger partial charge in [-0.3, -0.25) is 4.79 Å². The van der Waals surface area contributed by atoms with Crippen molar-refractivity contribution >= 4 is 17.4 Å². The van der Waals surface area contributed by atoms with Crippen molar-refractivity contribution in [2.24, 2.45) is 0 Å². The molecule has 1 amide bonds. The molecule has 114 valence electrons. The maximum atomic E-state index is 12.2. The molecule has 3 rings (SSSR count). The largest absolute Gasteiger partial charge is 0.495 e. The maximum Gasteiger partial charge on any atom is 0.275 e. The fourth-order valence-corrected chi connectivity index (χ4v) is 2.48. The Labute approximate surface area is 129 Å². The molecule has 2 aromatic rings. The summed E-state index contributed by atoms with van der Waals surface area (Å²) in [4.78, 5) is 23.0. The summed E-state index contributed by atoms with van der Waals surface area (Å²) in [5.74, 6) is 1.13. The summed E-state index contributed by atoms with van der Waals surface area (Å²) in [5, 5.41) is 2.79. The number of methoxy groups -OCH3 is 1. The first-order valence-electron chi connectivity index (χ1n) is 7.29. The standard InChI is InChI=1S/C16H18N4O2/c1-22-14-7-3-2-6-12(14)19-16(21)13-10-18-15(11-17-13)20-8-4-5-9-20/h2-3,6-7,10-11H,4-5,8-9H2,1H3,(H,19,21). The Morgan fingerprint density at radius 1 is 1.18 bits per heavy atom. The van der Waals surface area contributed by atoms with Gasteiger partial charge in [-0.2, -0.15) is 0 Å². The number of rotatable bonds is 4. The number of aromatic nitrogens is 2. The predicted octanol–water partition coefficient (Wildman–Crippen LogP) is 2.34. The number of para-hydroxylation sites is 2. The van der Waals surface area contributed by atoms with Crippen molar-refractivity contribution in [3.8, 4) is 5.75 Å². The third-order valence-electron chi connectivity index (χ3n) is 3.66. The van der Waals surface area contributed by atoms with Gasteiger partial charge in [0.2, 0.25) is 0 Å². The Morgan fingerprint density at radius 2 is 1.95 bits per heavy atom. The van der Waals surface area contributed by atoms with Crippen LogP contribution in [-0.4, -0.2) is 36.1 Å². The van der Waals surface area contributed by atoms with E-state index in [1.54, 1.807) is 25.4 Å². The van der Waals surface area contributed by atoms with Crippen molar-refractivity contribution in [2.75, 3.05) is 30.4 Å². The third-order valence-corrected chi connectivity index (χ3v) is 3.66. The molecular formula is C16H18N4O2. The van der Waals surface area contributed by atoms with E-state index in [1.807, 2.05) is 12.1 Å². The summed E-state index contributed by atoms with van der Waals surface area (Å²) in [6.45, 7) is 2.00. The minimum absolute atomic E-state index is 0.286. The van der Waals surface area contributed by atoms with Gasteiger partial charge in [-0.1, -0.05) is 12.1 Å². The highest BCUT2D eigenvalue weighted by atomic mass is 16.5. The number of anilines is 2. The first-order valence-corrected chi connectivity index (χ1v) is 7.29. The van der Waals surface area contributed by atoms with Crippen LogP contribution in [0, 0.1) is 0 Å². The van der Waals surface area contributed by atoms with Crippen molar-refractivity contribution < 1.29 is 9.53 Å². The topological polar surface area (TPSA) is 67.3 Å². The molecule has 1 fully saturated rings. The fourth-order valence-electron chi connectivity index (χ4n) is 2.48. The van der Waals surface area contributed by atoms with Crippen LogP contribution >= 0.6 is 0 Å². The molecule has 0 radical (unpaired) electrons. The normalized spacial score (nSPS) is 14.0. The number of ether oxygens (including phenoxy) is 1. The van der Waals surface area contributed by atoms with Gasteiger partial charge >= 0.3 is 0 Å². The highest BCUT2D eigenvalue weighted by Gasteiger charge is 2.15. The third kappa shape index (κ3) is 3.00. The summed E-state index contributed by atoms with van der Waals surface area (Å²) in [7, 11) is 1.57. The minimum atomic E-state index is -0.301. The maximum absolute atomic E-state index is 12.2. The van der Waals surface area contributed by atoms with Crippen LogP contribution in [0.3, 0.4) is 0 Å². The number of nitrogens with zero attached hydrogens (tertiary/aromatic N) is 3. The molecule has 0 saturated carbocycles. The molecule has 1 aliphatic heterocycles. The molecule has 1 saturated heterocycles. The van der Waals surface area contributed by atoms with Crippen LogP contribution in [0.4, 0.5) is 11.5 Å². The highest BCUT2D eigenvalue weighted by Crippen LogP contribution is 2.23. The number of carbonyl (C=O) groups is 1. The summed E-state index contributed by atoms with van der Waals surface area (Å²) in [6, 6.07) is 7.25. The number of carbonyl (C=O) groups excluding carboxylic acids is 1. The van der Waals surface area contributed by atoms with E-state index in [-0.39, 0.29) is 11.6 Å². The fraction of sp³-hybridized carbons (Fsp3) is 0.312. The van der Waals surface area contributed by atoms with E-state index in [1.165, 1.54) is 19.0 Å². The first-order chi connectivity index (χ1) is 10.8. The van der Waals surface area contributed by atoms with E-state index in [0.717, 1.165) is 18.9 Å². The lowest BCUT2D eigenvalue weighted by atomic mass is 10.3. The number of amides is 1. The van der Waals surface area contributed by atoms with Gasteiger partial charge in [-0.05, 0) is 25.0 Å². The molecule has 6 heteroatoms. The second-order valence-electron chi connectivity index (χ2n) is 5.11. The molecule has 22 heavy (non-hydrogen) atoms. The Hall–Kier alpha value is -2.63. The second-order valence-corrected chi connectivity index (χ2v) is 5.11. The van der Waals surface area contributed by atoms with E-state index in [0.29, 0.717) is 11.4 Å². The van der Waals surface area contributed by atoms with Crippen molar-refractivity contribution in [1.29, 1.82) is 0 Å². The van der Waals surface area contributed by atoms with Gasteiger partial charge in [0, 0.05) is 13.1 Å². The van der Waals surface area contributed by atoms with E-state index in [4.69, 9.17) is 4.74 Å². The monoisotopic (exact) mass is 298 g/mol. The van der Waals surface area contributed by atoms with Gasteiger partial charge in [0.25, 0.3) is 5.91 Å².